The van der Waals surface area contributed by atoms with Gasteiger partial charge in [0.2, 0.25) is 11.8 Å². The molecule has 5 N–H and O–H groups in total. The number of rotatable bonds is 54. The summed E-state index contributed by atoms with van der Waals surface area (Å²) in [6.07, 6.45) is -0.168. The molecule has 1 saturated heterocycles. The Morgan fingerprint density at radius 2 is 1.03 bits per heavy atom. The number of aliphatic hydroxyl groups excluding tert-OH is 3. The van der Waals surface area contributed by atoms with Gasteiger partial charge in [0.05, 0.1) is 165 Å². The van der Waals surface area contributed by atoms with E-state index in [2.05, 4.69) is 15.5 Å². The highest BCUT2D eigenvalue weighted by molar-refractivity contribution is 8.47. The topological polar surface area (TPSA) is 270 Å². The van der Waals surface area contributed by atoms with Gasteiger partial charge in [0.15, 0.2) is 6.29 Å². The Balaban J connectivity index is 1.73. The number of nitrogens with zero attached hydrogens (tertiary/aromatic N) is 1. The van der Waals surface area contributed by atoms with Crippen LogP contribution in [0.2, 0.25) is 0 Å². The first-order valence-corrected chi connectivity index (χ1v) is 28.6. The van der Waals surface area contributed by atoms with Crippen LogP contribution in [0.4, 0.5) is 0 Å². The van der Waals surface area contributed by atoms with Gasteiger partial charge in [-0.25, -0.2) is 6.57 Å². The lowest BCUT2D eigenvalue weighted by Gasteiger charge is -2.42. The lowest BCUT2D eigenvalue weighted by atomic mass is 9.97. The number of carbonyl (C=O) groups excluding carboxylic acids is 3. The van der Waals surface area contributed by atoms with Crippen LogP contribution in [-0.4, -0.2) is 256 Å². The Morgan fingerprint density at radius 1 is 0.605 bits per heavy atom. The lowest BCUT2D eigenvalue weighted by molar-refractivity contribution is -0.270. The summed E-state index contributed by atoms with van der Waals surface area (Å²) in [5, 5.41) is 35.2. The molecule has 1 unspecified atom stereocenters. The summed E-state index contributed by atoms with van der Waals surface area (Å²) in [4.78, 5) is 38.8. The number of nitrogens with one attached hydrogen (secondary N) is 2. The van der Waals surface area contributed by atoms with Crippen molar-refractivity contribution in [3.8, 4) is 0 Å². The SMILES string of the molecule is [C-]#[N+]C(C)(CCC(=O)NCCOCCOCCOCCOCCOCCOCCOCCOCCOCCOCCOCCOCCC(=O)CCCCCCO[C@@H]1O[C@H](CO)[C@H](O)[C@H](O)[C@H]1NC(C)=O)SC(=S)SCC. The van der Waals surface area contributed by atoms with Crippen molar-refractivity contribution in [2.75, 3.05) is 184 Å². The van der Waals surface area contributed by atoms with Crippen molar-refractivity contribution in [2.45, 2.75) is 108 Å². The van der Waals surface area contributed by atoms with Gasteiger partial charge in [0.1, 0.15) is 33.7 Å². The zero-order valence-electron chi connectivity index (χ0n) is 45.3. The summed E-state index contributed by atoms with van der Waals surface area (Å²) < 4.78 is 78.1. The van der Waals surface area contributed by atoms with Crippen LogP contribution in [0, 0.1) is 6.57 Å². The number of hydrogen-bond donors (Lipinski definition) is 5. The van der Waals surface area contributed by atoms with Crippen molar-refractivity contribution in [1.82, 2.24) is 10.6 Å². The maximum absolute atomic E-state index is 12.2. The summed E-state index contributed by atoms with van der Waals surface area (Å²) in [6, 6.07) is -0.961. The molecule has 6 atom stereocenters. The van der Waals surface area contributed by atoms with Gasteiger partial charge in [-0.1, -0.05) is 32.0 Å². The normalized spacial score (nSPS) is 18.3. The van der Waals surface area contributed by atoms with E-state index in [9.17, 15) is 29.7 Å². The zero-order valence-corrected chi connectivity index (χ0v) is 47.7. The molecular formula is C50H91N3O20S3. The van der Waals surface area contributed by atoms with Crippen LogP contribution < -0.4 is 10.6 Å². The van der Waals surface area contributed by atoms with Gasteiger partial charge in [0, 0.05) is 52.7 Å². The summed E-state index contributed by atoms with van der Waals surface area (Å²) in [7, 11) is 0. The molecule has 76 heavy (non-hydrogen) atoms. The molecule has 0 aromatic rings. The second-order valence-corrected chi connectivity index (χ2v) is 21.0. The maximum atomic E-state index is 12.2. The second kappa shape index (κ2) is 51.4. The molecule has 1 heterocycles. The average molecular weight is 1150 g/mol. The molecule has 1 rings (SSSR count). The van der Waals surface area contributed by atoms with Gasteiger partial charge in [-0.2, -0.15) is 0 Å². The first kappa shape index (κ1) is 72.2. The summed E-state index contributed by atoms with van der Waals surface area (Å²) in [6.45, 7) is 23.3. The van der Waals surface area contributed by atoms with E-state index >= 15 is 0 Å². The molecule has 1 aliphatic rings. The van der Waals surface area contributed by atoms with Crippen molar-refractivity contribution in [2.24, 2.45) is 0 Å². The van der Waals surface area contributed by atoms with Crippen LogP contribution in [0.3, 0.4) is 0 Å². The number of thioether (sulfide) groups is 2. The number of hydrogen-bond acceptors (Lipinski definition) is 23. The predicted octanol–water partition coefficient (Wildman–Crippen LogP) is 2.36. The van der Waals surface area contributed by atoms with Crippen LogP contribution in [0.25, 0.3) is 4.85 Å². The van der Waals surface area contributed by atoms with Gasteiger partial charge in [-0.3, -0.25) is 19.2 Å². The average Bonchev–Trinajstić information content (AvgIpc) is 3.40. The third-order valence-corrected chi connectivity index (χ3v) is 13.3. The fraction of sp³-hybridized carbons (Fsp3) is 0.900. The van der Waals surface area contributed by atoms with Crippen LogP contribution in [0.15, 0.2) is 0 Å². The minimum atomic E-state index is -1.35. The number of aliphatic hydroxyl groups is 3. The van der Waals surface area contributed by atoms with Crippen LogP contribution in [0.5, 0.6) is 0 Å². The molecule has 2 amide bonds. The zero-order chi connectivity index (χ0) is 55.6. The summed E-state index contributed by atoms with van der Waals surface area (Å²) >= 11 is 8.19. The number of carbonyl (C=O) groups is 3. The van der Waals surface area contributed by atoms with Gasteiger partial charge >= 0.3 is 0 Å². The van der Waals surface area contributed by atoms with Crippen LogP contribution >= 0.6 is 35.7 Å². The molecule has 0 saturated carbocycles. The molecule has 0 spiro atoms. The Labute approximate surface area is 464 Å². The smallest absolute Gasteiger partial charge is 0.281 e. The van der Waals surface area contributed by atoms with E-state index in [1.807, 2.05) is 13.8 Å². The monoisotopic (exact) mass is 1150 g/mol. The number of amides is 2. The summed E-state index contributed by atoms with van der Waals surface area (Å²) in [5.74, 6) is 0.475. The molecular weight excluding hydrogens is 1060 g/mol. The van der Waals surface area contributed by atoms with Crippen molar-refractivity contribution in [1.29, 1.82) is 0 Å². The van der Waals surface area contributed by atoms with Crippen molar-refractivity contribution >= 4 is 56.9 Å². The Hall–Kier alpha value is -1.79. The molecule has 0 aliphatic carbocycles. The fourth-order valence-electron chi connectivity index (χ4n) is 6.58. The highest BCUT2D eigenvalue weighted by Gasteiger charge is 2.45. The van der Waals surface area contributed by atoms with E-state index in [1.54, 1.807) is 0 Å². The van der Waals surface area contributed by atoms with E-state index < -0.39 is 48.0 Å². The predicted molar refractivity (Wildman–Crippen MR) is 289 cm³/mol. The molecule has 1 fully saturated rings. The summed E-state index contributed by atoms with van der Waals surface area (Å²) in [5.41, 5.74) is 0. The Kier molecular flexibility index (Phi) is 48.8. The Morgan fingerprint density at radius 3 is 1.43 bits per heavy atom. The molecule has 444 valence electrons. The maximum Gasteiger partial charge on any atom is 0.281 e. The van der Waals surface area contributed by atoms with Crippen LogP contribution in [-0.2, 0) is 80.7 Å². The van der Waals surface area contributed by atoms with E-state index in [-0.39, 0.29) is 24.7 Å². The van der Waals surface area contributed by atoms with E-state index in [0.29, 0.717) is 191 Å². The number of ether oxygens (including phenoxy) is 14. The lowest BCUT2D eigenvalue weighted by Crippen LogP contribution is -2.64. The molecule has 0 radical (unpaired) electrons. The molecule has 0 aromatic carbocycles. The van der Waals surface area contributed by atoms with E-state index in [1.165, 1.54) is 30.4 Å². The minimum Gasteiger partial charge on any atom is -0.394 e. The van der Waals surface area contributed by atoms with Gasteiger partial charge in [-0.15, -0.1) is 11.8 Å². The Bertz CT molecular complexity index is 1480. The number of unbranched alkanes of at least 4 members (excludes halogenated alkanes) is 3. The van der Waals surface area contributed by atoms with Crippen molar-refractivity contribution in [3.05, 3.63) is 11.4 Å². The minimum absolute atomic E-state index is 0.113. The second-order valence-electron chi connectivity index (χ2n) is 17.0. The fourth-order valence-corrected chi connectivity index (χ4v) is 9.44. The first-order chi connectivity index (χ1) is 37.0. The third-order valence-electron chi connectivity index (χ3n) is 10.7. The van der Waals surface area contributed by atoms with Crippen molar-refractivity contribution < 1.29 is 96.0 Å². The van der Waals surface area contributed by atoms with E-state index in [0.717, 1.165) is 28.5 Å². The molecule has 26 heteroatoms. The highest BCUT2D eigenvalue weighted by Crippen LogP contribution is 2.36. The van der Waals surface area contributed by atoms with Crippen LogP contribution in [0.1, 0.15) is 72.1 Å². The first-order valence-electron chi connectivity index (χ1n) is 26.4. The van der Waals surface area contributed by atoms with Gasteiger partial charge < -0.3 is 92.3 Å². The number of ketones is 1. The largest absolute Gasteiger partial charge is 0.394 e. The standard InChI is InChI=1S/C50H91N3O20S3/c1-5-75-49(74)76-50(3,51-4)13-11-44(57)52-14-17-61-19-21-63-23-25-65-27-29-67-31-33-69-35-37-71-39-38-70-36-34-68-32-30-66-28-26-64-24-22-62-20-18-60-16-12-42(56)10-8-6-7-9-15-72-48-45(53-41(2)55)47(59)46(58)43(40-54)73-48/h43,45-48,54,58-59H,5-40H2,1-3H3,(H,52,57)(H,53,55)/t43-,45-,46+,47-,48-,50?/m1/s1. The molecule has 0 bridgehead atoms. The van der Waals surface area contributed by atoms with Crippen molar-refractivity contribution in [3.63, 3.8) is 0 Å². The highest BCUT2D eigenvalue weighted by atomic mass is 32.2. The number of thiocarbonyl (C=S) groups is 1. The number of Topliss-reactive ketones (excluding diaryl/α,β-unsaturated/α-hetero) is 1. The third kappa shape index (κ3) is 42.1. The molecule has 0 aromatic heterocycles. The quantitative estimate of drug-likeness (QED) is 0.0332. The molecule has 23 nitrogen and oxygen atoms in total. The van der Waals surface area contributed by atoms with E-state index in [4.69, 9.17) is 85.1 Å². The van der Waals surface area contributed by atoms with Gasteiger partial charge in [-0.05, 0) is 30.4 Å². The molecule has 1 aliphatic heterocycles. The van der Waals surface area contributed by atoms with Gasteiger partial charge in [0.25, 0.3) is 4.87 Å².